The van der Waals surface area contributed by atoms with E-state index in [0.717, 1.165) is 27.9 Å². The van der Waals surface area contributed by atoms with E-state index >= 15 is 0 Å². The lowest BCUT2D eigenvalue weighted by Gasteiger charge is -1.97. The summed E-state index contributed by atoms with van der Waals surface area (Å²) in [7, 11) is 0. The molecule has 6 aromatic rings. The van der Waals surface area contributed by atoms with Gasteiger partial charge in [-0.1, -0.05) is 30.3 Å². The van der Waals surface area contributed by atoms with Gasteiger partial charge in [0.15, 0.2) is 5.65 Å². The second-order valence-electron chi connectivity index (χ2n) is 6.49. The zero-order chi connectivity index (χ0) is 17.8. The molecule has 4 aromatic heterocycles. The summed E-state index contributed by atoms with van der Waals surface area (Å²) in [5.41, 5.74) is 3.87. The van der Waals surface area contributed by atoms with E-state index in [4.69, 9.17) is 4.42 Å². The second-order valence-corrected chi connectivity index (χ2v) is 7.57. The van der Waals surface area contributed by atoms with Gasteiger partial charge in [-0.25, -0.2) is 9.50 Å². The van der Waals surface area contributed by atoms with Crippen LogP contribution < -0.4 is 0 Å². The molecule has 0 aliphatic heterocycles. The number of furan rings is 1. The van der Waals surface area contributed by atoms with E-state index in [1.807, 2.05) is 18.3 Å². The SMILES string of the molecule is c1ccc2sc(-c3ccc4cc(-c5ccn6ncnc6c5)oc4c3)cc2c1. The zero-order valence-corrected chi connectivity index (χ0v) is 15.0. The Balaban J connectivity index is 1.46. The molecule has 0 saturated heterocycles. The first kappa shape index (κ1) is 14.7. The first-order valence-electron chi connectivity index (χ1n) is 8.66. The van der Waals surface area contributed by atoms with Crippen molar-refractivity contribution in [3.05, 3.63) is 79.3 Å². The van der Waals surface area contributed by atoms with E-state index in [0.29, 0.717) is 0 Å². The zero-order valence-electron chi connectivity index (χ0n) is 14.2. The minimum absolute atomic E-state index is 0.805. The highest BCUT2D eigenvalue weighted by Gasteiger charge is 2.10. The summed E-state index contributed by atoms with van der Waals surface area (Å²) < 4.78 is 9.21. The number of hydrogen-bond acceptors (Lipinski definition) is 4. The quantitative estimate of drug-likeness (QED) is 0.376. The number of nitrogens with zero attached hydrogens (tertiary/aromatic N) is 3. The van der Waals surface area contributed by atoms with Crippen molar-refractivity contribution < 1.29 is 4.42 Å². The molecule has 0 aliphatic carbocycles. The van der Waals surface area contributed by atoms with E-state index in [1.165, 1.54) is 20.5 Å². The van der Waals surface area contributed by atoms with E-state index in [1.54, 1.807) is 22.2 Å². The Morgan fingerprint density at radius 2 is 1.81 bits per heavy atom. The molecule has 0 N–H and O–H groups in total. The average Bonchev–Trinajstić information content (AvgIpc) is 3.42. The average molecular weight is 367 g/mol. The summed E-state index contributed by atoms with van der Waals surface area (Å²) in [4.78, 5) is 5.50. The molecule has 4 heterocycles. The van der Waals surface area contributed by atoms with Crippen LogP contribution in [0.1, 0.15) is 0 Å². The Morgan fingerprint density at radius 3 is 2.78 bits per heavy atom. The molecule has 0 radical (unpaired) electrons. The summed E-state index contributed by atoms with van der Waals surface area (Å²) in [6, 6.07) is 23.2. The monoisotopic (exact) mass is 367 g/mol. The number of rotatable bonds is 2. The smallest absolute Gasteiger partial charge is 0.155 e. The standard InChI is InChI=1S/C22H13N3OS/c1-2-4-20-16(3-1)11-21(27-20)17-6-5-14-9-18(26-19(14)10-17)15-7-8-25-22(12-15)23-13-24-25/h1-13H. The van der Waals surface area contributed by atoms with Crippen LogP contribution in [0.4, 0.5) is 0 Å². The maximum atomic E-state index is 6.16. The first-order chi connectivity index (χ1) is 13.3. The van der Waals surface area contributed by atoms with Gasteiger partial charge >= 0.3 is 0 Å². The lowest BCUT2D eigenvalue weighted by atomic mass is 10.1. The molecule has 4 nitrogen and oxygen atoms in total. The van der Waals surface area contributed by atoms with Crippen molar-refractivity contribution in [2.75, 3.05) is 0 Å². The number of hydrogen-bond donors (Lipinski definition) is 0. The lowest BCUT2D eigenvalue weighted by Crippen LogP contribution is -1.86. The van der Waals surface area contributed by atoms with Gasteiger partial charge in [-0.05, 0) is 47.3 Å². The van der Waals surface area contributed by atoms with Crippen LogP contribution in [0.5, 0.6) is 0 Å². The molecular formula is C22H13N3OS. The van der Waals surface area contributed by atoms with Gasteiger partial charge < -0.3 is 4.42 Å². The van der Waals surface area contributed by atoms with Crippen molar-refractivity contribution in [2.24, 2.45) is 0 Å². The predicted molar refractivity (Wildman–Crippen MR) is 109 cm³/mol. The molecule has 5 heteroatoms. The van der Waals surface area contributed by atoms with Gasteiger partial charge in [-0.3, -0.25) is 0 Å². The molecule has 128 valence electrons. The first-order valence-corrected chi connectivity index (χ1v) is 9.47. The molecule has 0 aliphatic rings. The van der Waals surface area contributed by atoms with E-state index < -0.39 is 0 Å². The minimum Gasteiger partial charge on any atom is -0.456 e. The van der Waals surface area contributed by atoms with Crippen LogP contribution in [-0.4, -0.2) is 14.6 Å². The third-order valence-electron chi connectivity index (χ3n) is 4.80. The lowest BCUT2D eigenvalue weighted by molar-refractivity contribution is 0.631. The fraction of sp³-hybridized carbons (Fsp3) is 0. The minimum atomic E-state index is 0.805. The molecule has 0 fully saturated rings. The summed E-state index contributed by atoms with van der Waals surface area (Å²) in [6.45, 7) is 0. The highest BCUT2D eigenvalue weighted by Crippen LogP contribution is 2.36. The third kappa shape index (κ3) is 2.36. The Morgan fingerprint density at radius 1 is 0.852 bits per heavy atom. The van der Waals surface area contributed by atoms with Crippen LogP contribution in [0.25, 0.3) is 48.5 Å². The van der Waals surface area contributed by atoms with E-state index in [2.05, 4.69) is 64.7 Å². The van der Waals surface area contributed by atoms with E-state index in [9.17, 15) is 0 Å². The predicted octanol–water partition coefficient (Wildman–Crippen LogP) is 6.02. The van der Waals surface area contributed by atoms with Crippen molar-refractivity contribution in [3.63, 3.8) is 0 Å². The number of thiophene rings is 1. The van der Waals surface area contributed by atoms with Gasteiger partial charge in [0.2, 0.25) is 0 Å². The number of pyridine rings is 1. The van der Waals surface area contributed by atoms with Crippen LogP contribution in [-0.2, 0) is 0 Å². The van der Waals surface area contributed by atoms with Crippen LogP contribution in [0.2, 0.25) is 0 Å². The van der Waals surface area contributed by atoms with Gasteiger partial charge in [0.25, 0.3) is 0 Å². The highest BCUT2D eigenvalue weighted by atomic mass is 32.1. The fourth-order valence-electron chi connectivity index (χ4n) is 3.42. The second kappa shape index (κ2) is 5.53. The van der Waals surface area contributed by atoms with Crippen LogP contribution in [0.3, 0.4) is 0 Å². The maximum absolute atomic E-state index is 6.16. The summed E-state index contributed by atoms with van der Waals surface area (Å²) in [6.07, 6.45) is 3.45. The summed E-state index contributed by atoms with van der Waals surface area (Å²) >= 11 is 1.80. The van der Waals surface area contributed by atoms with Crippen molar-refractivity contribution in [1.29, 1.82) is 0 Å². The third-order valence-corrected chi connectivity index (χ3v) is 5.96. The number of aromatic nitrogens is 3. The van der Waals surface area contributed by atoms with Crippen LogP contribution >= 0.6 is 11.3 Å². The van der Waals surface area contributed by atoms with Crippen molar-refractivity contribution in [2.45, 2.75) is 0 Å². The Labute approximate surface area is 158 Å². The highest BCUT2D eigenvalue weighted by molar-refractivity contribution is 7.22. The van der Waals surface area contributed by atoms with Crippen LogP contribution in [0.15, 0.2) is 83.7 Å². The number of fused-ring (bicyclic) bond motifs is 3. The molecule has 0 saturated carbocycles. The molecule has 2 aromatic carbocycles. The summed E-state index contributed by atoms with van der Waals surface area (Å²) in [5, 5.41) is 6.51. The maximum Gasteiger partial charge on any atom is 0.155 e. The van der Waals surface area contributed by atoms with Gasteiger partial charge in [0.05, 0.1) is 0 Å². The Kier molecular flexibility index (Phi) is 3.01. The fourth-order valence-corrected chi connectivity index (χ4v) is 4.48. The molecule has 0 spiro atoms. The van der Waals surface area contributed by atoms with Crippen molar-refractivity contribution >= 4 is 38.0 Å². The van der Waals surface area contributed by atoms with Gasteiger partial charge in [0.1, 0.15) is 17.7 Å². The molecule has 0 atom stereocenters. The molecule has 27 heavy (non-hydrogen) atoms. The van der Waals surface area contributed by atoms with Crippen molar-refractivity contribution in [1.82, 2.24) is 14.6 Å². The molecular weight excluding hydrogens is 354 g/mol. The van der Waals surface area contributed by atoms with E-state index in [-0.39, 0.29) is 0 Å². The van der Waals surface area contributed by atoms with Gasteiger partial charge in [-0.15, -0.1) is 11.3 Å². The van der Waals surface area contributed by atoms with Gasteiger partial charge in [-0.2, -0.15) is 5.10 Å². The molecule has 6 rings (SSSR count). The van der Waals surface area contributed by atoms with Crippen LogP contribution in [0, 0.1) is 0 Å². The molecule has 0 unspecified atom stereocenters. The van der Waals surface area contributed by atoms with Gasteiger partial charge in [0, 0.05) is 26.7 Å². The molecule has 0 amide bonds. The normalized spacial score (nSPS) is 11.7. The topological polar surface area (TPSA) is 43.3 Å². The Bertz CT molecular complexity index is 1410. The van der Waals surface area contributed by atoms with Crippen molar-refractivity contribution in [3.8, 4) is 21.8 Å². The number of benzene rings is 2. The molecule has 0 bridgehead atoms. The summed E-state index contributed by atoms with van der Waals surface area (Å²) in [5.74, 6) is 0.837. The largest absolute Gasteiger partial charge is 0.456 e. The Hall–Kier alpha value is -3.44.